The van der Waals surface area contributed by atoms with E-state index in [0.29, 0.717) is 25.6 Å². The van der Waals surface area contributed by atoms with E-state index in [9.17, 15) is 9.59 Å². The van der Waals surface area contributed by atoms with Crippen molar-refractivity contribution in [2.24, 2.45) is 5.92 Å². The first-order chi connectivity index (χ1) is 9.52. The molecule has 1 amide bonds. The zero-order valence-corrected chi connectivity index (χ0v) is 12.9. The normalized spacial score (nSPS) is 22.6. The lowest BCUT2D eigenvalue weighted by Crippen LogP contribution is -2.39. The zero-order chi connectivity index (χ0) is 15.0. The van der Waals surface area contributed by atoms with Gasteiger partial charge in [-0.05, 0) is 40.0 Å². The van der Waals surface area contributed by atoms with Gasteiger partial charge in [-0.1, -0.05) is 6.42 Å². The van der Waals surface area contributed by atoms with Gasteiger partial charge in [0.15, 0.2) is 0 Å². The van der Waals surface area contributed by atoms with Crippen LogP contribution in [-0.2, 0) is 14.3 Å². The van der Waals surface area contributed by atoms with E-state index in [2.05, 4.69) is 10.6 Å². The maximum absolute atomic E-state index is 11.7. The molecule has 1 aliphatic carbocycles. The summed E-state index contributed by atoms with van der Waals surface area (Å²) in [5.74, 6) is 0.0208. The Kier molecular flexibility index (Phi) is 7.59. The lowest BCUT2D eigenvalue weighted by molar-refractivity contribution is -0.149. The molecule has 1 fully saturated rings. The highest BCUT2D eigenvalue weighted by Crippen LogP contribution is 2.25. The Morgan fingerprint density at radius 3 is 2.70 bits per heavy atom. The van der Waals surface area contributed by atoms with Gasteiger partial charge in [-0.2, -0.15) is 0 Å². The molecule has 0 aromatic rings. The van der Waals surface area contributed by atoms with E-state index in [0.717, 1.165) is 25.7 Å². The molecule has 2 unspecified atom stereocenters. The standard InChI is InChI=1S/C15H28N2O3/c1-4-20-15(19)12-6-5-7-13(10-12)16-9-8-14(18)17-11(2)3/h11-13,16H,4-10H2,1-3H3,(H,17,18). The second-order valence-electron chi connectivity index (χ2n) is 5.74. The molecule has 1 aliphatic rings. The van der Waals surface area contributed by atoms with Crippen LogP contribution in [0.5, 0.6) is 0 Å². The van der Waals surface area contributed by atoms with E-state index in [-0.39, 0.29) is 23.8 Å². The second-order valence-corrected chi connectivity index (χ2v) is 5.74. The third kappa shape index (κ3) is 6.37. The van der Waals surface area contributed by atoms with E-state index >= 15 is 0 Å². The Morgan fingerprint density at radius 1 is 1.30 bits per heavy atom. The third-order valence-electron chi connectivity index (χ3n) is 3.53. The molecule has 0 aromatic heterocycles. The van der Waals surface area contributed by atoms with E-state index < -0.39 is 0 Å². The summed E-state index contributed by atoms with van der Waals surface area (Å²) >= 11 is 0. The molecule has 1 saturated carbocycles. The largest absolute Gasteiger partial charge is 0.466 e. The molecule has 5 heteroatoms. The summed E-state index contributed by atoms with van der Waals surface area (Å²) in [6, 6.07) is 0.510. The molecule has 116 valence electrons. The predicted octanol–water partition coefficient (Wildman–Crippen LogP) is 1.61. The van der Waals surface area contributed by atoms with Gasteiger partial charge < -0.3 is 15.4 Å². The van der Waals surface area contributed by atoms with Gasteiger partial charge >= 0.3 is 5.97 Å². The van der Waals surface area contributed by atoms with Crippen molar-refractivity contribution in [3.63, 3.8) is 0 Å². The van der Waals surface area contributed by atoms with Crippen molar-refractivity contribution in [1.29, 1.82) is 0 Å². The summed E-state index contributed by atoms with van der Waals surface area (Å²) in [5.41, 5.74) is 0. The van der Waals surface area contributed by atoms with Crippen LogP contribution in [0.3, 0.4) is 0 Å². The van der Waals surface area contributed by atoms with Gasteiger partial charge in [0.25, 0.3) is 0 Å². The van der Waals surface area contributed by atoms with Gasteiger partial charge in [-0.25, -0.2) is 0 Å². The Morgan fingerprint density at radius 2 is 2.05 bits per heavy atom. The van der Waals surface area contributed by atoms with Crippen molar-refractivity contribution in [3.05, 3.63) is 0 Å². The molecule has 1 rings (SSSR count). The van der Waals surface area contributed by atoms with E-state index in [1.165, 1.54) is 0 Å². The lowest BCUT2D eigenvalue weighted by atomic mass is 9.85. The van der Waals surface area contributed by atoms with Crippen LogP contribution in [0.2, 0.25) is 0 Å². The fourth-order valence-electron chi connectivity index (χ4n) is 2.63. The number of hydrogen-bond donors (Lipinski definition) is 2. The molecular weight excluding hydrogens is 256 g/mol. The maximum Gasteiger partial charge on any atom is 0.308 e. The highest BCUT2D eigenvalue weighted by Gasteiger charge is 2.27. The van der Waals surface area contributed by atoms with Crippen LogP contribution in [0.4, 0.5) is 0 Å². The summed E-state index contributed by atoms with van der Waals surface area (Å²) in [7, 11) is 0. The van der Waals surface area contributed by atoms with Crippen molar-refractivity contribution < 1.29 is 14.3 Å². The average molecular weight is 284 g/mol. The summed E-state index contributed by atoms with van der Waals surface area (Å²) in [4.78, 5) is 23.3. The first kappa shape index (κ1) is 17.0. The average Bonchev–Trinajstić information content (AvgIpc) is 2.38. The smallest absolute Gasteiger partial charge is 0.308 e. The number of nitrogens with one attached hydrogen (secondary N) is 2. The Bertz CT molecular complexity index is 318. The fourth-order valence-corrected chi connectivity index (χ4v) is 2.63. The molecular formula is C15H28N2O3. The molecule has 0 aliphatic heterocycles. The molecule has 0 spiro atoms. The van der Waals surface area contributed by atoms with Crippen molar-refractivity contribution in [2.45, 2.75) is 65.0 Å². The molecule has 0 radical (unpaired) electrons. The van der Waals surface area contributed by atoms with Gasteiger partial charge in [0.2, 0.25) is 5.91 Å². The second kappa shape index (κ2) is 8.95. The van der Waals surface area contributed by atoms with Crippen LogP contribution in [0, 0.1) is 5.92 Å². The van der Waals surface area contributed by atoms with E-state index in [4.69, 9.17) is 4.74 Å². The highest BCUT2D eigenvalue weighted by atomic mass is 16.5. The molecule has 0 aromatic carbocycles. The number of carbonyl (C=O) groups excluding carboxylic acids is 2. The molecule has 0 saturated heterocycles. The number of ether oxygens (including phenoxy) is 1. The number of hydrogen-bond acceptors (Lipinski definition) is 4. The number of amides is 1. The van der Waals surface area contributed by atoms with Crippen LogP contribution in [0.1, 0.15) is 52.9 Å². The lowest BCUT2D eigenvalue weighted by Gasteiger charge is -2.28. The van der Waals surface area contributed by atoms with Crippen LogP contribution < -0.4 is 10.6 Å². The first-order valence-corrected chi connectivity index (χ1v) is 7.72. The quantitative estimate of drug-likeness (QED) is 0.697. The number of carbonyl (C=O) groups is 2. The molecule has 5 nitrogen and oxygen atoms in total. The summed E-state index contributed by atoms with van der Waals surface area (Å²) in [6.45, 7) is 6.86. The van der Waals surface area contributed by atoms with Gasteiger partial charge in [-0.3, -0.25) is 9.59 Å². The fraction of sp³-hybridized carbons (Fsp3) is 0.867. The van der Waals surface area contributed by atoms with Crippen molar-refractivity contribution in [1.82, 2.24) is 10.6 Å². The summed E-state index contributed by atoms with van der Waals surface area (Å²) in [6.07, 6.45) is 4.34. The number of esters is 1. The Balaban J connectivity index is 2.23. The third-order valence-corrected chi connectivity index (χ3v) is 3.53. The van der Waals surface area contributed by atoms with Crippen molar-refractivity contribution >= 4 is 11.9 Å². The molecule has 0 bridgehead atoms. The van der Waals surface area contributed by atoms with Crippen LogP contribution >= 0.6 is 0 Å². The van der Waals surface area contributed by atoms with Crippen molar-refractivity contribution in [2.75, 3.05) is 13.2 Å². The first-order valence-electron chi connectivity index (χ1n) is 7.72. The Hall–Kier alpha value is -1.10. The maximum atomic E-state index is 11.7. The van der Waals surface area contributed by atoms with Crippen LogP contribution in [0.15, 0.2) is 0 Å². The summed E-state index contributed by atoms with van der Waals surface area (Å²) < 4.78 is 5.09. The van der Waals surface area contributed by atoms with Crippen molar-refractivity contribution in [3.8, 4) is 0 Å². The monoisotopic (exact) mass is 284 g/mol. The van der Waals surface area contributed by atoms with E-state index in [1.807, 2.05) is 20.8 Å². The molecule has 2 atom stereocenters. The minimum absolute atomic E-state index is 0.0192. The Labute approximate surface area is 121 Å². The molecule has 20 heavy (non-hydrogen) atoms. The summed E-state index contributed by atoms with van der Waals surface area (Å²) in [5, 5.41) is 6.26. The highest BCUT2D eigenvalue weighted by molar-refractivity contribution is 5.76. The molecule has 2 N–H and O–H groups in total. The SMILES string of the molecule is CCOC(=O)C1CCCC(NCCC(=O)NC(C)C)C1. The predicted molar refractivity (Wildman–Crippen MR) is 78.3 cm³/mol. The van der Waals surface area contributed by atoms with Gasteiger partial charge in [0.05, 0.1) is 12.5 Å². The molecule has 0 heterocycles. The van der Waals surface area contributed by atoms with Crippen LogP contribution in [0.25, 0.3) is 0 Å². The van der Waals surface area contributed by atoms with Gasteiger partial charge in [-0.15, -0.1) is 0 Å². The van der Waals surface area contributed by atoms with Gasteiger partial charge in [0, 0.05) is 25.0 Å². The van der Waals surface area contributed by atoms with E-state index in [1.54, 1.807) is 0 Å². The minimum Gasteiger partial charge on any atom is -0.466 e. The van der Waals surface area contributed by atoms with Gasteiger partial charge in [0.1, 0.15) is 0 Å². The van der Waals surface area contributed by atoms with Crippen LogP contribution in [-0.4, -0.2) is 37.1 Å². The topological polar surface area (TPSA) is 67.4 Å². The number of rotatable bonds is 7. The minimum atomic E-state index is -0.0726. The zero-order valence-electron chi connectivity index (χ0n) is 12.9.